The molecule has 7 nitrogen and oxygen atoms in total. The van der Waals surface area contributed by atoms with Crippen molar-refractivity contribution in [3.05, 3.63) is 36.8 Å². The second kappa shape index (κ2) is 4.97. The van der Waals surface area contributed by atoms with Gasteiger partial charge in [-0.05, 0) is 33.3 Å². The zero-order chi connectivity index (χ0) is 17.2. The van der Waals surface area contributed by atoms with Crippen molar-refractivity contribution in [2.24, 2.45) is 0 Å². The predicted molar refractivity (Wildman–Crippen MR) is 91.9 cm³/mol. The minimum atomic E-state index is -0.323. The van der Waals surface area contributed by atoms with Gasteiger partial charge in [-0.2, -0.15) is 0 Å². The molecule has 0 aliphatic carbocycles. The molecule has 0 spiro atoms. The molecule has 0 N–H and O–H groups in total. The SMILES string of the molecule is CCn1c(=O)c2c3c(sc2n2c(=O)c(C)nnc12)COC(C)(C)C3. The normalized spacial score (nSPS) is 16.7. The van der Waals surface area contributed by atoms with Gasteiger partial charge in [-0.15, -0.1) is 21.5 Å². The summed E-state index contributed by atoms with van der Waals surface area (Å²) in [6.45, 7) is 8.42. The van der Waals surface area contributed by atoms with Gasteiger partial charge in [0.05, 0.1) is 17.6 Å². The van der Waals surface area contributed by atoms with Crippen LogP contribution in [-0.4, -0.2) is 24.8 Å². The highest BCUT2D eigenvalue weighted by Crippen LogP contribution is 2.37. The van der Waals surface area contributed by atoms with Crippen molar-refractivity contribution in [1.82, 2.24) is 19.2 Å². The highest BCUT2D eigenvalue weighted by atomic mass is 32.1. The summed E-state index contributed by atoms with van der Waals surface area (Å²) in [5, 5.41) is 8.64. The molecule has 0 aromatic carbocycles. The maximum absolute atomic E-state index is 13.1. The quantitative estimate of drug-likeness (QED) is 0.669. The lowest BCUT2D eigenvalue weighted by atomic mass is 9.94. The van der Waals surface area contributed by atoms with Gasteiger partial charge < -0.3 is 4.74 Å². The zero-order valence-corrected chi connectivity index (χ0v) is 14.9. The number of fused-ring (bicyclic) bond motifs is 5. The largest absolute Gasteiger partial charge is 0.370 e. The topological polar surface area (TPSA) is 78.5 Å². The van der Waals surface area contributed by atoms with Crippen molar-refractivity contribution in [3.8, 4) is 0 Å². The van der Waals surface area contributed by atoms with E-state index in [1.807, 2.05) is 20.8 Å². The highest BCUT2D eigenvalue weighted by molar-refractivity contribution is 7.18. The van der Waals surface area contributed by atoms with E-state index < -0.39 is 0 Å². The molecule has 0 fully saturated rings. The molecule has 4 rings (SSSR count). The zero-order valence-electron chi connectivity index (χ0n) is 14.0. The third-order valence-corrected chi connectivity index (χ3v) is 5.68. The van der Waals surface area contributed by atoms with Gasteiger partial charge in [-0.1, -0.05) is 0 Å². The van der Waals surface area contributed by atoms with Crippen LogP contribution in [0.5, 0.6) is 0 Å². The summed E-state index contributed by atoms with van der Waals surface area (Å²) in [5.41, 5.74) is 0.655. The number of ether oxygens (including phenoxy) is 1. The van der Waals surface area contributed by atoms with E-state index in [2.05, 4.69) is 10.2 Å². The van der Waals surface area contributed by atoms with Crippen LogP contribution in [0.4, 0.5) is 0 Å². The monoisotopic (exact) mass is 346 g/mol. The van der Waals surface area contributed by atoms with Crippen molar-refractivity contribution in [2.75, 3.05) is 0 Å². The first-order valence-corrected chi connectivity index (χ1v) is 8.73. The lowest BCUT2D eigenvalue weighted by Gasteiger charge is -2.29. The van der Waals surface area contributed by atoms with E-state index in [9.17, 15) is 9.59 Å². The Kier molecular flexibility index (Phi) is 3.20. The van der Waals surface area contributed by atoms with Crippen LogP contribution in [0.1, 0.15) is 36.9 Å². The van der Waals surface area contributed by atoms with E-state index >= 15 is 0 Å². The smallest absolute Gasteiger partial charge is 0.281 e. The van der Waals surface area contributed by atoms with Gasteiger partial charge in [-0.25, -0.2) is 4.40 Å². The third-order valence-electron chi connectivity index (χ3n) is 4.49. The Morgan fingerprint density at radius 2 is 2.00 bits per heavy atom. The molecule has 0 unspecified atom stereocenters. The van der Waals surface area contributed by atoms with Crippen molar-refractivity contribution in [2.45, 2.75) is 52.9 Å². The molecule has 0 atom stereocenters. The van der Waals surface area contributed by atoms with Crippen LogP contribution in [0, 0.1) is 6.92 Å². The molecular weight excluding hydrogens is 328 g/mol. The molecule has 126 valence electrons. The average molecular weight is 346 g/mol. The number of hydrogen-bond donors (Lipinski definition) is 0. The molecule has 1 aliphatic heterocycles. The maximum Gasteiger partial charge on any atom is 0.281 e. The predicted octanol–water partition coefficient (Wildman–Crippen LogP) is 1.65. The van der Waals surface area contributed by atoms with Crippen LogP contribution in [0.2, 0.25) is 0 Å². The van der Waals surface area contributed by atoms with E-state index in [4.69, 9.17) is 4.74 Å². The van der Waals surface area contributed by atoms with E-state index in [1.165, 1.54) is 20.3 Å². The Bertz CT molecular complexity index is 1110. The molecule has 24 heavy (non-hydrogen) atoms. The number of aryl methyl sites for hydroxylation is 2. The van der Waals surface area contributed by atoms with E-state index in [0.717, 1.165) is 10.4 Å². The first-order chi connectivity index (χ1) is 11.3. The second-order valence-corrected chi connectivity index (χ2v) is 7.77. The lowest BCUT2D eigenvalue weighted by molar-refractivity contribution is -0.0379. The van der Waals surface area contributed by atoms with Crippen molar-refractivity contribution in [3.63, 3.8) is 0 Å². The molecule has 1 aliphatic rings. The Hall–Kier alpha value is -2.06. The van der Waals surface area contributed by atoms with Crippen molar-refractivity contribution >= 4 is 27.3 Å². The third kappa shape index (κ3) is 1.99. The molecule has 0 saturated carbocycles. The lowest BCUT2D eigenvalue weighted by Crippen LogP contribution is -2.33. The molecule has 0 amide bonds. The molecule has 0 bridgehead atoms. The maximum atomic E-state index is 13.1. The highest BCUT2D eigenvalue weighted by Gasteiger charge is 2.31. The number of rotatable bonds is 1. The number of hydrogen-bond acceptors (Lipinski definition) is 6. The fraction of sp³-hybridized carbons (Fsp3) is 0.500. The number of aromatic nitrogens is 4. The molecule has 8 heteroatoms. The molecule has 4 heterocycles. The average Bonchev–Trinajstić information content (AvgIpc) is 2.88. The Morgan fingerprint density at radius 1 is 1.25 bits per heavy atom. The summed E-state index contributed by atoms with van der Waals surface area (Å²) in [4.78, 5) is 27.4. The fourth-order valence-electron chi connectivity index (χ4n) is 3.25. The molecule has 0 radical (unpaired) electrons. The number of nitrogens with zero attached hydrogens (tertiary/aromatic N) is 4. The molecule has 3 aromatic rings. The van der Waals surface area contributed by atoms with Gasteiger partial charge in [0, 0.05) is 17.8 Å². The van der Waals surface area contributed by atoms with Crippen molar-refractivity contribution in [1.29, 1.82) is 0 Å². The molecule has 3 aromatic heterocycles. The second-order valence-electron chi connectivity index (χ2n) is 6.68. The summed E-state index contributed by atoms with van der Waals surface area (Å²) >= 11 is 1.44. The van der Waals surface area contributed by atoms with E-state index in [-0.39, 0.29) is 16.7 Å². The van der Waals surface area contributed by atoms with Gasteiger partial charge in [0.1, 0.15) is 10.5 Å². The summed E-state index contributed by atoms with van der Waals surface area (Å²) < 4.78 is 8.92. The van der Waals surface area contributed by atoms with Gasteiger partial charge in [0.2, 0.25) is 5.78 Å². The van der Waals surface area contributed by atoms with Crippen LogP contribution >= 0.6 is 11.3 Å². The summed E-state index contributed by atoms with van der Waals surface area (Å²) in [6, 6.07) is 0. The molecule has 0 saturated heterocycles. The molecular formula is C16H18N4O3S. The van der Waals surface area contributed by atoms with Crippen LogP contribution in [0.3, 0.4) is 0 Å². The Balaban J connectivity index is 2.26. The first kappa shape index (κ1) is 15.5. The minimum absolute atomic E-state index is 0.111. The Morgan fingerprint density at radius 3 is 2.71 bits per heavy atom. The fourth-order valence-corrected chi connectivity index (χ4v) is 4.46. The summed E-state index contributed by atoms with van der Waals surface area (Å²) in [5.74, 6) is 0.296. The number of thiophene rings is 1. The van der Waals surface area contributed by atoms with Crippen LogP contribution < -0.4 is 11.1 Å². The van der Waals surface area contributed by atoms with Crippen LogP contribution in [0.15, 0.2) is 9.59 Å². The van der Waals surface area contributed by atoms with Gasteiger partial charge in [-0.3, -0.25) is 14.2 Å². The van der Waals surface area contributed by atoms with Crippen LogP contribution in [0.25, 0.3) is 16.0 Å². The first-order valence-electron chi connectivity index (χ1n) is 7.91. The summed E-state index contributed by atoms with van der Waals surface area (Å²) in [7, 11) is 0. The van der Waals surface area contributed by atoms with Gasteiger partial charge in [0.15, 0.2) is 0 Å². The standard InChI is InChI=1S/C16H18N4O3S/c1-5-19-13(22)11-9-6-16(3,4)23-7-10(9)24-14(11)20-12(21)8(2)17-18-15(19)20/h5-7H2,1-4H3. The van der Waals surface area contributed by atoms with E-state index in [1.54, 1.807) is 6.92 Å². The van der Waals surface area contributed by atoms with Crippen LogP contribution in [-0.2, 0) is 24.3 Å². The van der Waals surface area contributed by atoms with E-state index in [0.29, 0.717) is 41.3 Å². The van der Waals surface area contributed by atoms with Gasteiger partial charge in [0.25, 0.3) is 11.1 Å². The van der Waals surface area contributed by atoms with Crippen molar-refractivity contribution < 1.29 is 4.74 Å². The summed E-state index contributed by atoms with van der Waals surface area (Å²) in [6.07, 6.45) is 0.652. The van der Waals surface area contributed by atoms with Gasteiger partial charge >= 0.3 is 0 Å². The Labute approximate surface area is 141 Å². The minimum Gasteiger partial charge on any atom is -0.370 e.